The second-order valence-corrected chi connectivity index (χ2v) is 7.04. The molecule has 1 N–H and O–H groups in total. The molecule has 1 unspecified atom stereocenters. The monoisotopic (exact) mass is 428 g/mol. The number of aliphatic hydroxyl groups excluding tert-OH is 1. The smallest absolute Gasteiger partial charge is 0.161 e. The predicted molar refractivity (Wildman–Crippen MR) is 115 cm³/mol. The number of aromatic nitrogens is 2. The van der Waals surface area contributed by atoms with Crippen LogP contribution in [0.5, 0.6) is 17.2 Å². The van der Waals surface area contributed by atoms with E-state index in [0.717, 1.165) is 24.2 Å². The number of halogens is 1. The molecule has 30 heavy (non-hydrogen) atoms. The van der Waals surface area contributed by atoms with E-state index < -0.39 is 6.10 Å². The number of nitrogens with zero attached hydrogens (tertiary/aromatic N) is 2. The molecule has 1 heterocycles. The van der Waals surface area contributed by atoms with E-state index in [-0.39, 0.29) is 5.15 Å². The maximum atomic E-state index is 10.7. The summed E-state index contributed by atoms with van der Waals surface area (Å²) in [6.07, 6.45) is 3.89. The fourth-order valence-corrected chi connectivity index (χ4v) is 3.02. The fraction of sp³-hybridized carbons (Fsp3) is 0.304. The lowest BCUT2D eigenvalue weighted by atomic mass is 10.1. The largest absolute Gasteiger partial charge is 0.497 e. The first-order valence-corrected chi connectivity index (χ1v) is 10.2. The van der Waals surface area contributed by atoms with Crippen LogP contribution in [0.15, 0.2) is 54.9 Å². The molecule has 3 rings (SSSR count). The van der Waals surface area contributed by atoms with Crippen LogP contribution in [0.25, 0.3) is 0 Å². The molecule has 3 aromatic rings. The number of rotatable bonds is 10. The SMILES string of the molecule is CCCCOc1cc(C(O)c2nccnc2Cl)ccc1OCc1ccc(OC)cc1. The first-order valence-electron chi connectivity index (χ1n) is 9.79. The zero-order valence-electron chi connectivity index (χ0n) is 17.0. The number of ether oxygens (including phenoxy) is 3. The van der Waals surface area contributed by atoms with Crippen LogP contribution in [0, 0.1) is 0 Å². The summed E-state index contributed by atoms with van der Waals surface area (Å²) in [7, 11) is 1.63. The van der Waals surface area contributed by atoms with Crippen molar-refractivity contribution in [3.8, 4) is 17.2 Å². The molecule has 0 aliphatic rings. The molecule has 0 radical (unpaired) electrons. The van der Waals surface area contributed by atoms with Gasteiger partial charge in [-0.2, -0.15) is 0 Å². The summed E-state index contributed by atoms with van der Waals surface area (Å²) < 4.78 is 17.1. The molecule has 0 bridgehead atoms. The number of aliphatic hydroxyl groups is 1. The van der Waals surface area contributed by atoms with Crippen LogP contribution < -0.4 is 14.2 Å². The first-order chi connectivity index (χ1) is 14.6. The minimum Gasteiger partial charge on any atom is -0.497 e. The van der Waals surface area contributed by atoms with E-state index in [9.17, 15) is 5.11 Å². The number of hydrogen-bond donors (Lipinski definition) is 1. The molecular weight excluding hydrogens is 404 g/mol. The van der Waals surface area contributed by atoms with Crippen LogP contribution in [0.2, 0.25) is 5.15 Å². The van der Waals surface area contributed by atoms with E-state index in [0.29, 0.717) is 36.0 Å². The molecule has 0 aliphatic carbocycles. The molecule has 0 saturated heterocycles. The van der Waals surface area contributed by atoms with Gasteiger partial charge in [-0.15, -0.1) is 0 Å². The van der Waals surface area contributed by atoms with Crippen molar-refractivity contribution in [1.29, 1.82) is 0 Å². The van der Waals surface area contributed by atoms with Crippen molar-refractivity contribution in [2.45, 2.75) is 32.5 Å². The third-order valence-corrected chi connectivity index (χ3v) is 4.82. The number of benzene rings is 2. The maximum Gasteiger partial charge on any atom is 0.161 e. The van der Waals surface area contributed by atoms with Gasteiger partial charge in [0.15, 0.2) is 16.7 Å². The number of methoxy groups -OCH3 is 1. The molecule has 158 valence electrons. The van der Waals surface area contributed by atoms with Crippen molar-refractivity contribution in [3.63, 3.8) is 0 Å². The lowest BCUT2D eigenvalue weighted by Gasteiger charge is -2.17. The van der Waals surface area contributed by atoms with Gasteiger partial charge in [0.05, 0.1) is 13.7 Å². The minimum absolute atomic E-state index is 0.165. The summed E-state index contributed by atoms with van der Waals surface area (Å²) in [4.78, 5) is 8.13. The highest BCUT2D eigenvalue weighted by molar-refractivity contribution is 6.30. The van der Waals surface area contributed by atoms with E-state index in [2.05, 4.69) is 16.9 Å². The molecule has 1 atom stereocenters. The Morgan fingerprint density at radius 1 is 1.00 bits per heavy atom. The van der Waals surface area contributed by atoms with Crippen LogP contribution in [0.4, 0.5) is 0 Å². The van der Waals surface area contributed by atoms with Gasteiger partial charge in [-0.1, -0.05) is 43.1 Å². The highest BCUT2D eigenvalue weighted by Crippen LogP contribution is 2.34. The second kappa shape index (κ2) is 10.8. The Bertz CT molecular complexity index is 950. The second-order valence-electron chi connectivity index (χ2n) is 6.68. The van der Waals surface area contributed by atoms with Gasteiger partial charge in [0.1, 0.15) is 24.2 Å². The third kappa shape index (κ3) is 5.62. The van der Waals surface area contributed by atoms with Crippen molar-refractivity contribution < 1.29 is 19.3 Å². The zero-order chi connectivity index (χ0) is 21.3. The topological polar surface area (TPSA) is 73.7 Å². The van der Waals surface area contributed by atoms with Gasteiger partial charge in [-0.05, 0) is 41.8 Å². The Balaban J connectivity index is 1.80. The van der Waals surface area contributed by atoms with Gasteiger partial charge in [-0.3, -0.25) is 4.98 Å². The molecular formula is C23H25ClN2O4. The Hall–Kier alpha value is -2.83. The predicted octanol–water partition coefficient (Wildman–Crippen LogP) is 4.98. The van der Waals surface area contributed by atoms with Gasteiger partial charge >= 0.3 is 0 Å². The molecule has 0 saturated carbocycles. The maximum absolute atomic E-state index is 10.7. The van der Waals surface area contributed by atoms with E-state index >= 15 is 0 Å². The lowest BCUT2D eigenvalue weighted by molar-refractivity contribution is 0.212. The Kier molecular flexibility index (Phi) is 7.88. The normalized spacial score (nSPS) is 11.7. The molecule has 0 aliphatic heterocycles. The van der Waals surface area contributed by atoms with Gasteiger partial charge in [0.2, 0.25) is 0 Å². The summed E-state index contributed by atoms with van der Waals surface area (Å²) >= 11 is 6.08. The lowest BCUT2D eigenvalue weighted by Crippen LogP contribution is -2.06. The molecule has 0 spiro atoms. The number of hydrogen-bond acceptors (Lipinski definition) is 6. The third-order valence-electron chi connectivity index (χ3n) is 4.53. The van der Waals surface area contributed by atoms with Crippen molar-refractivity contribution in [3.05, 3.63) is 76.8 Å². The van der Waals surface area contributed by atoms with Crippen LogP contribution >= 0.6 is 11.6 Å². The summed E-state index contributed by atoms with van der Waals surface area (Å²) in [5, 5.41) is 10.9. The Morgan fingerprint density at radius 3 is 2.47 bits per heavy atom. The van der Waals surface area contributed by atoms with E-state index in [1.54, 1.807) is 25.3 Å². The average molecular weight is 429 g/mol. The molecule has 0 amide bonds. The average Bonchev–Trinajstić information content (AvgIpc) is 2.78. The van der Waals surface area contributed by atoms with Gasteiger partial charge < -0.3 is 19.3 Å². The van der Waals surface area contributed by atoms with Gasteiger partial charge in [0, 0.05) is 12.4 Å². The summed E-state index contributed by atoms with van der Waals surface area (Å²) in [6, 6.07) is 13.0. The van der Waals surface area contributed by atoms with E-state index in [4.69, 9.17) is 25.8 Å². The van der Waals surface area contributed by atoms with Crippen molar-refractivity contribution in [2.24, 2.45) is 0 Å². The summed E-state index contributed by atoms with van der Waals surface area (Å²) in [6.45, 7) is 3.04. The Labute approximate surface area is 181 Å². The molecule has 0 fully saturated rings. The van der Waals surface area contributed by atoms with E-state index in [1.165, 1.54) is 12.4 Å². The van der Waals surface area contributed by atoms with Crippen LogP contribution in [-0.4, -0.2) is 28.8 Å². The highest BCUT2D eigenvalue weighted by Gasteiger charge is 2.18. The Morgan fingerprint density at radius 2 is 1.77 bits per heavy atom. The highest BCUT2D eigenvalue weighted by atomic mass is 35.5. The minimum atomic E-state index is -1.02. The quantitative estimate of drug-likeness (QED) is 0.459. The summed E-state index contributed by atoms with van der Waals surface area (Å²) in [5.41, 5.74) is 1.90. The molecule has 2 aromatic carbocycles. The van der Waals surface area contributed by atoms with Gasteiger partial charge in [0.25, 0.3) is 0 Å². The van der Waals surface area contributed by atoms with E-state index in [1.807, 2.05) is 24.3 Å². The van der Waals surface area contributed by atoms with Gasteiger partial charge in [-0.25, -0.2) is 4.98 Å². The van der Waals surface area contributed by atoms with Crippen molar-refractivity contribution in [2.75, 3.05) is 13.7 Å². The standard InChI is InChI=1S/C23H25ClN2O4/c1-3-4-13-29-20-14-17(22(27)21-23(24)26-12-11-25-21)7-10-19(20)30-15-16-5-8-18(28-2)9-6-16/h5-12,14,22,27H,3-4,13,15H2,1-2H3. The fourth-order valence-electron chi connectivity index (χ4n) is 2.81. The van der Waals surface area contributed by atoms with Crippen LogP contribution in [-0.2, 0) is 6.61 Å². The van der Waals surface area contributed by atoms with Crippen LogP contribution in [0.3, 0.4) is 0 Å². The first kappa shape index (κ1) is 21.9. The van der Waals surface area contributed by atoms with Crippen LogP contribution in [0.1, 0.15) is 42.7 Å². The molecule has 1 aromatic heterocycles. The molecule has 7 heteroatoms. The molecule has 6 nitrogen and oxygen atoms in total. The van der Waals surface area contributed by atoms with Crippen molar-refractivity contribution in [1.82, 2.24) is 9.97 Å². The zero-order valence-corrected chi connectivity index (χ0v) is 17.8. The van der Waals surface area contributed by atoms with Crippen molar-refractivity contribution >= 4 is 11.6 Å². The summed E-state index contributed by atoms with van der Waals surface area (Å²) in [5.74, 6) is 1.96. The number of unbranched alkanes of at least 4 members (excludes halogenated alkanes) is 1.